The van der Waals surface area contributed by atoms with Gasteiger partial charge >= 0.3 is 0 Å². The minimum absolute atomic E-state index is 0.174. The van der Waals surface area contributed by atoms with Crippen LogP contribution in [-0.4, -0.2) is 17.3 Å². The zero-order valence-electron chi connectivity index (χ0n) is 7.61. The summed E-state index contributed by atoms with van der Waals surface area (Å²) in [5.74, 6) is -0.128. The van der Waals surface area contributed by atoms with Crippen LogP contribution in [0.15, 0.2) is 18.2 Å². The Morgan fingerprint density at radius 1 is 1.31 bits per heavy atom. The van der Waals surface area contributed by atoms with Gasteiger partial charge in [-0.3, -0.25) is 0 Å². The summed E-state index contributed by atoms with van der Waals surface area (Å²) < 4.78 is 4.87. The van der Waals surface area contributed by atoms with Gasteiger partial charge in [0, 0.05) is 0 Å². The van der Waals surface area contributed by atoms with Gasteiger partial charge < -0.3 is 14.9 Å². The highest BCUT2D eigenvalue weighted by atomic mass is 16.5. The topological polar surface area (TPSA) is 49.7 Å². The Morgan fingerprint density at radius 2 is 2.00 bits per heavy atom. The third-order valence-corrected chi connectivity index (χ3v) is 1.66. The first-order chi connectivity index (χ1) is 6.19. The summed E-state index contributed by atoms with van der Waals surface area (Å²) in [6, 6.07) is 3.12. The Hall–Kier alpha value is -1.64. The predicted octanol–water partition coefficient (Wildman–Crippen LogP) is 2.14. The summed E-state index contributed by atoms with van der Waals surface area (Å²) in [5, 5.41) is 18.6. The molecule has 3 nitrogen and oxygen atoms in total. The molecule has 70 valence electrons. The molecule has 0 spiro atoms. The van der Waals surface area contributed by atoms with Gasteiger partial charge in [0.25, 0.3) is 0 Å². The molecule has 3 heteroatoms. The maximum atomic E-state index is 9.29. The normalized spacial score (nSPS) is 10.6. The molecule has 1 aromatic rings. The van der Waals surface area contributed by atoms with Crippen molar-refractivity contribution < 1.29 is 14.9 Å². The minimum Gasteiger partial charge on any atom is -0.504 e. The van der Waals surface area contributed by atoms with Crippen molar-refractivity contribution in [1.29, 1.82) is 0 Å². The molecule has 0 fully saturated rings. The van der Waals surface area contributed by atoms with Crippen molar-refractivity contribution >= 4 is 6.08 Å². The van der Waals surface area contributed by atoms with Crippen LogP contribution in [0.25, 0.3) is 6.08 Å². The molecule has 0 atom stereocenters. The fraction of sp³-hybridized carbons (Fsp3) is 0.200. The van der Waals surface area contributed by atoms with Gasteiger partial charge in [-0.15, -0.1) is 0 Å². The number of allylic oxidation sites excluding steroid dienone is 1. The number of phenolic OH excluding ortho intramolecular Hbond substituents is 2. The monoisotopic (exact) mass is 180 g/mol. The Morgan fingerprint density at radius 3 is 2.54 bits per heavy atom. The van der Waals surface area contributed by atoms with E-state index >= 15 is 0 Å². The molecular formula is C10H12O3. The second-order valence-electron chi connectivity index (χ2n) is 2.59. The van der Waals surface area contributed by atoms with Crippen molar-refractivity contribution in [2.24, 2.45) is 0 Å². The number of aromatic hydroxyl groups is 2. The molecule has 0 saturated heterocycles. The lowest BCUT2D eigenvalue weighted by atomic mass is 10.1. The summed E-state index contributed by atoms with van der Waals surface area (Å²) in [6.07, 6.45) is 3.65. The number of ether oxygens (including phenoxy) is 1. The molecule has 0 aliphatic heterocycles. The number of hydrogen-bond donors (Lipinski definition) is 2. The number of phenols is 2. The van der Waals surface area contributed by atoms with Gasteiger partial charge in [0.1, 0.15) is 0 Å². The third kappa shape index (κ3) is 1.93. The van der Waals surface area contributed by atoms with Crippen LogP contribution >= 0.6 is 0 Å². The van der Waals surface area contributed by atoms with Crippen LogP contribution in [0.1, 0.15) is 12.5 Å². The second kappa shape index (κ2) is 3.85. The van der Waals surface area contributed by atoms with E-state index in [1.54, 1.807) is 6.07 Å². The average molecular weight is 180 g/mol. The van der Waals surface area contributed by atoms with E-state index in [4.69, 9.17) is 4.74 Å². The van der Waals surface area contributed by atoms with Crippen LogP contribution in [0.2, 0.25) is 0 Å². The van der Waals surface area contributed by atoms with E-state index in [-0.39, 0.29) is 17.2 Å². The molecule has 13 heavy (non-hydrogen) atoms. The van der Waals surface area contributed by atoms with E-state index in [0.29, 0.717) is 0 Å². The van der Waals surface area contributed by atoms with Crippen LogP contribution in [0.5, 0.6) is 17.2 Å². The van der Waals surface area contributed by atoms with Gasteiger partial charge in [-0.25, -0.2) is 0 Å². The summed E-state index contributed by atoms with van der Waals surface area (Å²) >= 11 is 0. The molecule has 0 aliphatic carbocycles. The predicted molar refractivity (Wildman–Crippen MR) is 51.0 cm³/mol. The van der Waals surface area contributed by atoms with Crippen LogP contribution in [0, 0.1) is 0 Å². The maximum Gasteiger partial charge on any atom is 0.200 e. The first-order valence-electron chi connectivity index (χ1n) is 3.91. The first kappa shape index (κ1) is 9.45. The van der Waals surface area contributed by atoms with Crippen LogP contribution in [0.4, 0.5) is 0 Å². The van der Waals surface area contributed by atoms with E-state index in [2.05, 4.69) is 0 Å². The highest BCUT2D eigenvalue weighted by Crippen LogP contribution is 2.36. The van der Waals surface area contributed by atoms with Crippen molar-refractivity contribution in [3.63, 3.8) is 0 Å². The Labute approximate surface area is 76.9 Å². The number of methoxy groups -OCH3 is 1. The van der Waals surface area contributed by atoms with Crippen LogP contribution in [-0.2, 0) is 0 Å². The van der Waals surface area contributed by atoms with E-state index in [1.165, 1.54) is 13.2 Å². The molecule has 0 amide bonds. The maximum absolute atomic E-state index is 9.29. The van der Waals surface area contributed by atoms with Crippen molar-refractivity contribution in [1.82, 2.24) is 0 Å². The van der Waals surface area contributed by atoms with E-state index in [1.807, 2.05) is 19.1 Å². The molecule has 0 heterocycles. The fourth-order valence-electron chi connectivity index (χ4n) is 1.06. The molecule has 0 radical (unpaired) electrons. The van der Waals surface area contributed by atoms with Crippen molar-refractivity contribution in [3.05, 3.63) is 23.8 Å². The zero-order valence-corrected chi connectivity index (χ0v) is 7.61. The molecule has 0 aliphatic rings. The van der Waals surface area contributed by atoms with Gasteiger partial charge in [0.2, 0.25) is 5.75 Å². The Kier molecular flexibility index (Phi) is 2.80. The smallest absolute Gasteiger partial charge is 0.200 e. The van der Waals surface area contributed by atoms with Crippen molar-refractivity contribution in [3.8, 4) is 17.2 Å². The van der Waals surface area contributed by atoms with E-state index in [9.17, 15) is 10.2 Å². The van der Waals surface area contributed by atoms with Crippen LogP contribution in [0.3, 0.4) is 0 Å². The lowest BCUT2D eigenvalue weighted by molar-refractivity contribution is 0.351. The molecule has 2 N–H and O–H groups in total. The van der Waals surface area contributed by atoms with E-state index in [0.717, 1.165) is 5.56 Å². The molecule has 1 rings (SSSR count). The quantitative estimate of drug-likeness (QED) is 0.685. The third-order valence-electron chi connectivity index (χ3n) is 1.66. The Balaban J connectivity index is 3.21. The molecule has 0 bridgehead atoms. The molecule has 1 aromatic carbocycles. The average Bonchev–Trinajstić information content (AvgIpc) is 2.11. The van der Waals surface area contributed by atoms with Gasteiger partial charge in [0.05, 0.1) is 7.11 Å². The van der Waals surface area contributed by atoms with E-state index < -0.39 is 0 Å². The van der Waals surface area contributed by atoms with Gasteiger partial charge in [-0.05, 0) is 24.6 Å². The molecule has 0 saturated carbocycles. The minimum atomic E-state index is -0.226. The van der Waals surface area contributed by atoms with Crippen molar-refractivity contribution in [2.75, 3.05) is 7.11 Å². The van der Waals surface area contributed by atoms with Gasteiger partial charge in [0.15, 0.2) is 11.5 Å². The number of hydrogen-bond acceptors (Lipinski definition) is 3. The summed E-state index contributed by atoms with van der Waals surface area (Å²) in [6.45, 7) is 1.87. The van der Waals surface area contributed by atoms with Gasteiger partial charge in [-0.1, -0.05) is 12.2 Å². The SMILES string of the molecule is C/C=C/c1cc(O)c(O)c(OC)c1. The van der Waals surface area contributed by atoms with Crippen LogP contribution < -0.4 is 4.74 Å². The highest BCUT2D eigenvalue weighted by Gasteiger charge is 2.07. The molecule has 0 unspecified atom stereocenters. The summed E-state index contributed by atoms with van der Waals surface area (Å²) in [4.78, 5) is 0. The highest BCUT2D eigenvalue weighted by molar-refractivity contribution is 5.60. The number of rotatable bonds is 2. The number of benzene rings is 1. The largest absolute Gasteiger partial charge is 0.504 e. The van der Waals surface area contributed by atoms with Gasteiger partial charge in [-0.2, -0.15) is 0 Å². The second-order valence-corrected chi connectivity index (χ2v) is 2.59. The standard InChI is InChI=1S/C10H12O3/c1-3-4-7-5-8(11)10(12)9(6-7)13-2/h3-6,11-12H,1-2H3/b4-3+. The lowest BCUT2D eigenvalue weighted by Crippen LogP contribution is -1.85. The Bertz CT molecular complexity index is 329. The van der Waals surface area contributed by atoms with Crippen molar-refractivity contribution in [2.45, 2.75) is 6.92 Å². The first-order valence-corrected chi connectivity index (χ1v) is 3.91. The summed E-state index contributed by atoms with van der Waals surface area (Å²) in [5.41, 5.74) is 0.787. The summed E-state index contributed by atoms with van der Waals surface area (Å²) in [7, 11) is 1.44. The lowest BCUT2D eigenvalue weighted by Gasteiger charge is -2.05. The zero-order chi connectivity index (χ0) is 9.84. The fourth-order valence-corrected chi connectivity index (χ4v) is 1.06. The molecular weight excluding hydrogens is 168 g/mol. The molecule has 0 aromatic heterocycles.